The van der Waals surface area contributed by atoms with E-state index in [-0.39, 0.29) is 11.7 Å². The lowest BCUT2D eigenvalue weighted by molar-refractivity contribution is 0.310. The van der Waals surface area contributed by atoms with Crippen LogP contribution >= 0.6 is 0 Å². The lowest BCUT2D eigenvalue weighted by Gasteiger charge is -2.28. The SMILES string of the molecule is COc1cc(O)c(C2CCC2=NO)cc1OC. The number of oxime groups is 1. The van der Waals surface area contributed by atoms with E-state index in [2.05, 4.69) is 5.16 Å². The first kappa shape index (κ1) is 11.6. The van der Waals surface area contributed by atoms with Crippen molar-refractivity contribution in [1.29, 1.82) is 0 Å². The Balaban J connectivity index is 2.41. The Morgan fingerprint density at radius 3 is 2.35 bits per heavy atom. The zero-order chi connectivity index (χ0) is 12.4. The van der Waals surface area contributed by atoms with Crippen LogP contribution in [0.2, 0.25) is 0 Å². The summed E-state index contributed by atoms with van der Waals surface area (Å²) in [4.78, 5) is 0. The average molecular weight is 237 g/mol. The minimum Gasteiger partial charge on any atom is -0.508 e. The van der Waals surface area contributed by atoms with Gasteiger partial charge in [-0.15, -0.1) is 0 Å². The smallest absolute Gasteiger partial charge is 0.164 e. The van der Waals surface area contributed by atoms with Crippen LogP contribution in [0.25, 0.3) is 0 Å². The summed E-state index contributed by atoms with van der Waals surface area (Å²) in [7, 11) is 3.06. The molecule has 1 fully saturated rings. The van der Waals surface area contributed by atoms with Gasteiger partial charge >= 0.3 is 0 Å². The molecule has 17 heavy (non-hydrogen) atoms. The van der Waals surface area contributed by atoms with E-state index in [0.717, 1.165) is 12.8 Å². The van der Waals surface area contributed by atoms with Gasteiger partial charge in [0.25, 0.3) is 0 Å². The quantitative estimate of drug-likeness (QED) is 0.624. The van der Waals surface area contributed by atoms with Crippen LogP contribution < -0.4 is 9.47 Å². The molecule has 0 saturated heterocycles. The molecule has 92 valence electrons. The Morgan fingerprint density at radius 1 is 1.24 bits per heavy atom. The third-order valence-electron chi connectivity index (χ3n) is 3.13. The van der Waals surface area contributed by atoms with Crippen molar-refractivity contribution in [3.8, 4) is 17.2 Å². The summed E-state index contributed by atoms with van der Waals surface area (Å²) in [6, 6.07) is 3.24. The second-order valence-electron chi connectivity index (χ2n) is 3.95. The van der Waals surface area contributed by atoms with E-state index in [0.29, 0.717) is 22.8 Å². The third kappa shape index (κ3) is 1.88. The second-order valence-corrected chi connectivity index (χ2v) is 3.95. The number of phenols is 1. The molecule has 2 N–H and O–H groups in total. The molecule has 5 heteroatoms. The van der Waals surface area contributed by atoms with Crippen molar-refractivity contribution in [1.82, 2.24) is 0 Å². The van der Waals surface area contributed by atoms with E-state index >= 15 is 0 Å². The van der Waals surface area contributed by atoms with Crippen molar-refractivity contribution in [3.05, 3.63) is 17.7 Å². The molecule has 0 heterocycles. The summed E-state index contributed by atoms with van der Waals surface area (Å²) in [6.07, 6.45) is 1.62. The van der Waals surface area contributed by atoms with Crippen LogP contribution in [0.15, 0.2) is 17.3 Å². The molecule has 0 spiro atoms. The Bertz CT molecular complexity index is 456. The van der Waals surface area contributed by atoms with E-state index in [1.165, 1.54) is 13.2 Å². The largest absolute Gasteiger partial charge is 0.508 e. The van der Waals surface area contributed by atoms with Gasteiger partial charge in [0.15, 0.2) is 11.5 Å². The maximum Gasteiger partial charge on any atom is 0.164 e. The predicted octanol–water partition coefficient (Wildman–Crippen LogP) is 2.12. The summed E-state index contributed by atoms with van der Waals surface area (Å²) in [5.41, 5.74) is 1.40. The second kappa shape index (κ2) is 4.53. The zero-order valence-electron chi connectivity index (χ0n) is 9.80. The topological polar surface area (TPSA) is 71.3 Å². The fourth-order valence-corrected chi connectivity index (χ4v) is 2.04. The van der Waals surface area contributed by atoms with Gasteiger partial charge in [0.1, 0.15) is 5.75 Å². The minimum absolute atomic E-state index is 0.0280. The molecule has 2 rings (SSSR count). The van der Waals surface area contributed by atoms with Crippen molar-refractivity contribution < 1.29 is 19.8 Å². The van der Waals surface area contributed by atoms with Crippen molar-refractivity contribution in [2.24, 2.45) is 5.16 Å². The fraction of sp³-hybridized carbons (Fsp3) is 0.417. The summed E-state index contributed by atoms with van der Waals surface area (Å²) in [5.74, 6) is 1.15. The normalized spacial score (nSPS) is 21.1. The highest BCUT2D eigenvalue weighted by Crippen LogP contribution is 2.43. The summed E-state index contributed by atoms with van der Waals surface area (Å²) in [6.45, 7) is 0. The highest BCUT2D eigenvalue weighted by molar-refractivity contribution is 5.96. The van der Waals surface area contributed by atoms with Crippen molar-refractivity contribution in [2.45, 2.75) is 18.8 Å². The van der Waals surface area contributed by atoms with E-state index in [1.807, 2.05) is 0 Å². The summed E-state index contributed by atoms with van der Waals surface area (Å²) in [5, 5.41) is 21.9. The first-order valence-corrected chi connectivity index (χ1v) is 5.37. The molecule has 0 aliphatic heterocycles. The molecule has 1 atom stereocenters. The van der Waals surface area contributed by atoms with Gasteiger partial charge in [0, 0.05) is 17.5 Å². The van der Waals surface area contributed by atoms with Gasteiger partial charge in [0.05, 0.1) is 19.9 Å². The number of ether oxygens (including phenoxy) is 2. The Labute approximate surface area is 99.3 Å². The molecule has 5 nitrogen and oxygen atoms in total. The maximum atomic E-state index is 9.92. The molecular formula is C12H15NO4. The van der Waals surface area contributed by atoms with Crippen LogP contribution in [0.1, 0.15) is 24.3 Å². The number of benzene rings is 1. The van der Waals surface area contributed by atoms with E-state index in [9.17, 15) is 5.11 Å². The molecule has 0 radical (unpaired) electrons. The third-order valence-corrected chi connectivity index (χ3v) is 3.13. The number of hydrogen-bond donors (Lipinski definition) is 2. The summed E-state index contributed by atoms with van der Waals surface area (Å²) >= 11 is 0. The van der Waals surface area contributed by atoms with Gasteiger partial charge < -0.3 is 19.8 Å². The van der Waals surface area contributed by atoms with E-state index < -0.39 is 0 Å². The van der Waals surface area contributed by atoms with Crippen LogP contribution in [0.4, 0.5) is 0 Å². The van der Waals surface area contributed by atoms with Gasteiger partial charge in [0.2, 0.25) is 0 Å². The molecule has 0 bridgehead atoms. The van der Waals surface area contributed by atoms with Crippen molar-refractivity contribution in [2.75, 3.05) is 14.2 Å². The molecule has 1 saturated carbocycles. The van der Waals surface area contributed by atoms with Crippen LogP contribution in [0, 0.1) is 0 Å². The maximum absolute atomic E-state index is 9.92. The van der Waals surface area contributed by atoms with E-state index in [4.69, 9.17) is 14.7 Å². The lowest BCUT2D eigenvalue weighted by Crippen LogP contribution is -2.23. The van der Waals surface area contributed by atoms with Gasteiger partial charge in [-0.2, -0.15) is 0 Å². The average Bonchev–Trinajstić information content (AvgIpc) is 2.30. The van der Waals surface area contributed by atoms with E-state index in [1.54, 1.807) is 13.2 Å². The number of methoxy groups -OCH3 is 2. The Kier molecular flexibility index (Phi) is 3.08. The molecule has 1 aliphatic rings. The van der Waals surface area contributed by atoms with Crippen LogP contribution in [0.5, 0.6) is 17.2 Å². The van der Waals surface area contributed by atoms with Gasteiger partial charge in [-0.05, 0) is 18.9 Å². The van der Waals surface area contributed by atoms with Crippen LogP contribution in [0.3, 0.4) is 0 Å². The lowest BCUT2D eigenvalue weighted by atomic mass is 9.77. The number of aromatic hydroxyl groups is 1. The number of phenolic OH excluding ortho intramolecular Hbond substituents is 1. The molecule has 1 unspecified atom stereocenters. The van der Waals surface area contributed by atoms with Gasteiger partial charge in [-0.3, -0.25) is 0 Å². The predicted molar refractivity (Wildman–Crippen MR) is 62.4 cm³/mol. The van der Waals surface area contributed by atoms with Crippen molar-refractivity contribution in [3.63, 3.8) is 0 Å². The highest BCUT2D eigenvalue weighted by atomic mass is 16.5. The molecule has 1 aliphatic carbocycles. The van der Waals surface area contributed by atoms with Crippen LogP contribution in [-0.2, 0) is 0 Å². The monoisotopic (exact) mass is 237 g/mol. The first-order chi connectivity index (χ1) is 8.21. The number of hydrogen-bond acceptors (Lipinski definition) is 5. The number of rotatable bonds is 3. The molecule has 1 aromatic rings. The molecule has 1 aromatic carbocycles. The Hall–Kier alpha value is -1.91. The molecular weight excluding hydrogens is 222 g/mol. The van der Waals surface area contributed by atoms with Gasteiger partial charge in [-0.1, -0.05) is 5.16 Å². The Morgan fingerprint density at radius 2 is 1.88 bits per heavy atom. The highest BCUT2D eigenvalue weighted by Gasteiger charge is 2.31. The van der Waals surface area contributed by atoms with Crippen molar-refractivity contribution >= 4 is 5.71 Å². The minimum atomic E-state index is -0.0280. The zero-order valence-corrected chi connectivity index (χ0v) is 9.80. The fourth-order valence-electron chi connectivity index (χ4n) is 2.04. The number of nitrogens with zero attached hydrogens (tertiary/aromatic N) is 1. The summed E-state index contributed by atoms with van der Waals surface area (Å²) < 4.78 is 10.3. The van der Waals surface area contributed by atoms with Gasteiger partial charge in [-0.25, -0.2) is 0 Å². The molecule has 0 amide bonds. The van der Waals surface area contributed by atoms with Crippen LogP contribution in [-0.4, -0.2) is 30.2 Å². The first-order valence-electron chi connectivity index (χ1n) is 5.37. The molecule has 0 aromatic heterocycles. The standard InChI is InChI=1S/C12H15NO4/c1-16-11-5-8(7-3-4-9(7)13-15)10(14)6-12(11)17-2/h5-7,14-15H,3-4H2,1-2H3.